The second-order valence-corrected chi connectivity index (χ2v) is 7.62. The third-order valence-corrected chi connectivity index (χ3v) is 5.51. The lowest BCUT2D eigenvalue weighted by atomic mass is 9.99. The van der Waals surface area contributed by atoms with Gasteiger partial charge in [-0.2, -0.15) is 0 Å². The Kier molecular flexibility index (Phi) is 5.79. The number of aliphatic hydroxyl groups excluding tert-OH is 1. The number of aliphatic hydroxyl groups is 1. The number of carbonyl (C=O) groups is 2. The van der Waals surface area contributed by atoms with E-state index in [0.29, 0.717) is 17.2 Å². The molecule has 1 aliphatic heterocycles. The summed E-state index contributed by atoms with van der Waals surface area (Å²) in [5, 5.41) is 22.4. The zero-order valence-corrected chi connectivity index (χ0v) is 17.4. The molecule has 0 spiro atoms. The molecule has 0 saturated carbocycles. The van der Waals surface area contributed by atoms with Crippen LogP contribution < -0.4 is 0 Å². The molecule has 2 aromatic carbocycles. The summed E-state index contributed by atoms with van der Waals surface area (Å²) in [5.74, 6) is -1.71. The quantitative estimate of drug-likeness (QED) is 0.193. The van der Waals surface area contributed by atoms with E-state index in [1.807, 2.05) is 12.1 Å². The molecule has 0 radical (unpaired) electrons. The Hall–Kier alpha value is -3.91. The smallest absolute Gasteiger partial charge is 0.295 e. The maximum absolute atomic E-state index is 12.9. The summed E-state index contributed by atoms with van der Waals surface area (Å²) in [6, 6.07) is 14.5. The van der Waals surface area contributed by atoms with E-state index < -0.39 is 28.4 Å². The Morgan fingerprint density at radius 3 is 2.38 bits per heavy atom. The summed E-state index contributed by atoms with van der Waals surface area (Å²) >= 11 is 5.92. The van der Waals surface area contributed by atoms with Gasteiger partial charge in [0.1, 0.15) is 17.6 Å². The highest BCUT2D eigenvalue weighted by atomic mass is 35.5. The van der Waals surface area contributed by atoms with Crippen molar-refractivity contribution in [1.82, 2.24) is 4.90 Å². The zero-order chi connectivity index (χ0) is 22.8. The van der Waals surface area contributed by atoms with Crippen LogP contribution in [-0.2, 0) is 16.0 Å². The Balaban J connectivity index is 1.71. The summed E-state index contributed by atoms with van der Waals surface area (Å²) in [6.45, 7) is 0.203. The molecular formula is C23H17ClN2O6. The largest absolute Gasteiger partial charge is 0.507 e. The number of likely N-dealkylation sites (tertiary alicyclic amines) is 1. The summed E-state index contributed by atoms with van der Waals surface area (Å²) < 4.78 is 5.48. The predicted octanol–water partition coefficient (Wildman–Crippen LogP) is 4.51. The van der Waals surface area contributed by atoms with Crippen LogP contribution in [0.4, 0.5) is 5.69 Å². The van der Waals surface area contributed by atoms with Crippen LogP contribution in [0, 0.1) is 10.1 Å². The molecule has 1 amide bonds. The molecule has 9 heteroatoms. The number of non-ortho nitro benzene ring substituents is 1. The molecule has 8 nitrogen and oxygen atoms in total. The second kappa shape index (κ2) is 8.68. The lowest BCUT2D eigenvalue weighted by molar-refractivity contribution is -0.384. The minimum absolute atomic E-state index is 0.130. The van der Waals surface area contributed by atoms with Crippen LogP contribution >= 0.6 is 11.6 Å². The number of nitro benzene ring substituents is 1. The van der Waals surface area contributed by atoms with Gasteiger partial charge >= 0.3 is 0 Å². The normalized spacial score (nSPS) is 17.7. The van der Waals surface area contributed by atoms with Crippen molar-refractivity contribution in [2.24, 2.45) is 0 Å². The van der Waals surface area contributed by atoms with Crippen LogP contribution in [0.25, 0.3) is 5.76 Å². The molecular weight excluding hydrogens is 436 g/mol. The number of amides is 1. The summed E-state index contributed by atoms with van der Waals surface area (Å²) in [6.07, 6.45) is 1.87. The van der Waals surface area contributed by atoms with Crippen molar-refractivity contribution in [2.75, 3.05) is 6.54 Å². The first kappa shape index (κ1) is 21.3. The molecule has 0 bridgehead atoms. The number of carbonyl (C=O) groups excluding carboxylic acids is 2. The number of Topliss-reactive ketones (excluding diaryl/α,β-unsaturated/α-hetero) is 1. The second-order valence-electron chi connectivity index (χ2n) is 7.19. The minimum Gasteiger partial charge on any atom is -0.507 e. The van der Waals surface area contributed by atoms with E-state index in [4.69, 9.17) is 16.0 Å². The van der Waals surface area contributed by atoms with Crippen LogP contribution in [-0.4, -0.2) is 33.2 Å². The Bertz CT molecular complexity index is 1200. The number of halogens is 1. The maximum Gasteiger partial charge on any atom is 0.295 e. The van der Waals surface area contributed by atoms with Crippen molar-refractivity contribution in [3.63, 3.8) is 0 Å². The molecule has 3 aromatic rings. The van der Waals surface area contributed by atoms with Gasteiger partial charge in [0.25, 0.3) is 17.4 Å². The molecule has 1 atom stereocenters. The number of hydrogen-bond acceptors (Lipinski definition) is 6. The van der Waals surface area contributed by atoms with Gasteiger partial charge in [0.15, 0.2) is 0 Å². The topological polar surface area (TPSA) is 114 Å². The standard InChI is InChI=1S/C23H17ClN2O6/c24-16-7-3-14(4-8-16)11-12-25-20(18-2-1-13-32-18)19(22(28)23(25)29)21(27)15-5-9-17(10-6-15)26(30)31/h1-10,13,20,27H,11-12H2/b21-19-. The van der Waals surface area contributed by atoms with Crippen molar-refractivity contribution in [3.8, 4) is 0 Å². The molecule has 1 saturated heterocycles. The molecule has 162 valence electrons. The van der Waals surface area contributed by atoms with Crippen molar-refractivity contribution >= 4 is 34.7 Å². The van der Waals surface area contributed by atoms with Crippen LogP contribution in [0.5, 0.6) is 0 Å². The fourth-order valence-electron chi connectivity index (χ4n) is 3.65. The van der Waals surface area contributed by atoms with Crippen molar-refractivity contribution in [2.45, 2.75) is 12.5 Å². The molecule has 1 fully saturated rings. The highest BCUT2D eigenvalue weighted by Crippen LogP contribution is 2.39. The van der Waals surface area contributed by atoms with E-state index in [0.717, 1.165) is 5.56 Å². The van der Waals surface area contributed by atoms with Gasteiger partial charge in [-0.3, -0.25) is 19.7 Å². The number of rotatable bonds is 6. The van der Waals surface area contributed by atoms with E-state index >= 15 is 0 Å². The predicted molar refractivity (Wildman–Crippen MR) is 116 cm³/mol. The van der Waals surface area contributed by atoms with Gasteiger partial charge in [0, 0.05) is 29.3 Å². The lowest BCUT2D eigenvalue weighted by Crippen LogP contribution is -2.31. The fraction of sp³-hybridized carbons (Fsp3) is 0.130. The average molecular weight is 453 g/mol. The number of benzene rings is 2. The van der Waals surface area contributed by atoms with Gasteiger partial charge in [0.2, 0.25) is 0 Å². The van der Waals surface area contributed by atoms with E-state index in [9.17, 15) is 24.8 Å². The average Bonchev–Trinajstić information content (AvgIpc) is 3.40. The minimum atomic E-state index is -0.924. The highest BCUT2D eigenvalue weighted by molar-refractivity contribution is 6.46. The number of nitro groups is 1. The van der Waals surface area contributed by atoms with Gasteiger partial charge in [-0.25, -0.2) is 0 Å². The van der Waals surface area contributed by atoms with E-state index in [1.165, 1.54) is 35.4 Å². The lowest BCUT2D eigenvalue weighted by Gasteiger charge is -2.23. The van der Waals surface area contributed by atoms with E-state index in [2.05, 4.69) is 0 Å². The SMILES string of the molecule is O=C1C(=O)N(CCc2ccc(Cl)cc2)C(c2ccco2)/C1=C(/O)c1ccc([N+](=O)[O-])cc1. The molecule has 1 aromatic heterocycles. The first-order chi connectivity index (χ1) is 15.4. The Labute approximate surface area is 187 Å². The maximum atomic E-state index is 12.9. The number of hydrogen-bond donors (Lipinski definition) is 1. The van der Waals surface area contributed by atoms with Gasteiger partial charge in [0.05, 0.1) is 16.8 Å². The number of furan rings is 1. The molecule has 1 N–H and O–H groups in total. The molecule has 1 aliphatic rings. The fourth-order valence-corrected chi connectivity index (χ4v) is 3.78. The third-order valence-electron chi connectivity index (χ3n) is 5.26. The van der Waals surface area contributed by atoms with Gasteiger partial charge in [-0.15, -0.1) is 0 Å². The van der Waals surface area contributed by atoms with Crippen LogP contribution in [0.15, 0.2) is 76.9 Å². The Morgan fingerprint density at radius 1 is 1.09 bits per heavy atom. The first-order valence-corrected chi connectivity index (χ1v) is 10.1. The Morgan fingerprint density at radius 2 is 1.78 bits per heavy atom. The van der Waals surface area contributed by atoms with Crippen molar-refractivity contribution < 1.29 is 24.0 Å². The van der Waals surface area contributed by atoms with Gasteiger partial charge in [-0.05, 0) is 48.4 Å². The van der Waals surface area contributed by atoms with Crippen LogP contribution in [0.3, 0.4) is 0 Å². The molecule has 1 unspecified atom stereocenters. The summed E-state index contributed by atoms with van der Waals surface area (Å²) in [4.78, 5) is 37.4. The third kappa shape index (κ3) is 4.00. The van der Waals surface area contributed by atoms with Crippen LogP contribution in [0.2, 0.25) is 5.02 Å². The number of ketones is 1. The number of nitrogens with zero attached hydrogens (tertiary/aromatic N) is 2. The van der Waals surface area contributed by atoms with Crippen molar-refractivity contribution in [3.05, 3.63) is 105 Å². The molecule has 2 heterocycles. The summed E-state index contributed by atoms with van der Waals surface area (Å²) in [7, 11) is 0. The van der Waals surface area contributed by atoms with Crippen molar-refractivity contribution in [1.29, 1.82) is 0 Å². The van der Waals surface area contributed by atoms with Gasteiger partial charge in [-0.1, -0.05) is 23.7 Å². The molecule has 4 rings (SSSR count). The zero-order valence-electron chi connectivity index (χ0n) is 16.6. The molecule has 0 aliphatic carbocycles. The summed E-state index contributed by atoms with van der Waals surface area (Å²) in [5.41, 5.74) is 0.815. The first-order valence-electron chi connectivity index (χ1n) is 9.68. The monoisotopic (exact) mass is 452 g/mol. The van der Waals surface area contributed by atoms with E-state index in [-0.39, 0.29) is 23.4 Å². The molecule has 32 heavy (non-hydrogen) atoms. The van der Waals surface area contributed by atoms with Crippen LogP contribution in [0.1, 0.15) is 22.9 Å². The highest BCUT2D eigenvalue weighted by Gasteiger charge is 2.47. The van der Waals surface area contributed by atoms with E-state index in [1.54, 1.807) is 24.3 Å². The van der Waals surface area contributed by atoms with Gasteiger partial charge < -0.3 is 14.4 Å².